The zero-order chi connectivity index (χ0) is 14.8. The Labute approximate surface area is 127 Å². The van der Waals surface area contributed by atoms with Crippen LogP contribution in [0.4, 0.5) is 10.1 Å². The van der Waals surface area contributed by atoms with Gasteiger partial charge >= 0.3 is 0 Å². The van der Waals surface area contributed by atoms with E-state index in [9.17, 15) is 4.39 Å². The molecule has 1 aromatic rings. The van der Waals surface area contributed by atoms with Gasteiger partial charge in [0.15, 0.2) is 0 Å². The van der Waals surface area contributed by atoms with E-state index in [1.165, 1.54) is 24.9 Å². The van der Waals surface area contributed by atoms with Gasteiger partial charge in [0.1, 0.15) is 5.82 Å². The van der Waals surface area contributed by atoms with Crippen molar-refractivity contribution in [2.24, 2.45) is 11.8 Å². The smallest absolute Gasteiger partial charge is 0.123 e. The van der Waals surface area contributed by atoms with Gasteiger partial charge in [0.05, 0.1) is 0 Å². The molecule has 3 rings (SSSR count). The van der Waals surface area contributed by atoms with Crippen molar-refractivity contribution < 1.29 is 4.39 Å². The van der Waals surface area contributed by atoms with Crippen molar-refractivity contribution in [3.05, 3.63) is 29.6 Å². The maximum absolute atomic E-state index is 13.7. The Balaban J connectivity index is 1.81. The summed E-state index contributed by atoms with van der Waals surface area (Å²) in [5, 5.41) is 3.50. The molecule has 3 unspecified atom stereocenters. The predicted molar refractivity (Wildman–Crippen MR) is 86.2 cm³/mol. The predicted octanol–water partition coefficient (Wildman–Crippen LogP) is 4.12. The molecule has 2 nitrogen and oxygen atoms in total. The summed E-state index contributed by atoms with van der Waals surface area (Å²) >= 11 is 0. The topological polar surface area (TPSA) is 15.3 Å². The molecule has 0 radical (unpaired) electrons. The third-order valence-electron chi connectivity index (χ3n) is 5.22. The molecule has 1 aliphatic carbocycles. The van der Waals surface area contributed by atoms with Crippen LogP contribution in [0.2, 0.25) is 0 Å². The summed E-state index contributed by atoms with van der Waals surface area (Å²) in [7, 11) is 0. The summed E-state index contributed by atoms with van der Waals surface area (Å²) in [6, 6.07) is 5.52. The van der Waals surface area contributed by atoms with Crippen LogP contribution >= 0.6 is 0 Å². The van der Waals surface area contributed by atoms with E-state index < -0.39 is 0 Å². The first kappa shape index (κ1) is 14.8. The summed E-state index contributed by atoms with van der Waals surface area (Å²) < 4.78 is 13.7. The average molecular weight is 290 g/mol. The number of halogens is 1. The lowest BCUT2D eigenvalue weighted by atomic mass is 10.0. The van der Waals surface area contributed by atoms with Crippen LogP contribution in [0.25, 0.3) is 0 Å². The summed E-state index contributed by atoms with van der Waals surface area (Å²) in [6.45, 7) is 7.59. The lowest BCUT2D eigenvalue weighted by molar-refractivity contribution is 0.494. The molecule has 0 bridgehead atoms. The highest BCUT2D eigenvalue weighted by Gasteiger charge is 2.36. The number of hydrogen-bond donors (Lipinski definition) is 1. The van der Waals surface area contributed by atoms with Gasteiger partial charge in [0, 0.05) is 24.8 Å². The Hall–Kier alpha value is -1.09. The number of fused-ring (bicyclic) bond motifs is 1. The van der Waals surface area contributed by atoms with Crippen molar-refractivity contribution in [2.75, 3.05) is 24.5 Å². The van der Waals surface area contributed by atoms with E-state index >= 15 is 0 Å². The molecule has 3 atom stereocenters. The average Bonchev–Trinajstić information content (AvgIpc) is 3.05. The van der Waals surface area contributed by atoms with Gasteiger partial charge in [-0.2, -0.15) is 0 Å². The standard InChI is InChI=1S/C18H27FN2/c1-3-9-20-13(2)17-10-16(19)7-8-18(17)21-11-14-5-4-6-15(14)12-21/h7-8,10,13-15,20H,3-6,9,11-12H2,1-2H3. The summed E-state index contributed by atoms with van der Waals surface area (Å²) in [6.07, 6.45) is 5.25. The second kappa shape index (κ2) is 6.35. The molecular formula is C18H27FN2. The first-order valence-corrected chi connectivity index (χ1v) is 8.46. The van der Waals surface area contributed by atoms with Crippen molar-refractivity contribution in [3.8, 4) is 0 Å². The van der Waals surface area contributed by atoms with Gasteiger partial charge in [-0.3, -0.25) is 0 Å². The lowest BCUT2D eigenvalue weighted by Gasteiger charge is -2.26. The van der Waals surface area contributed by atoms with Gasteiger partial charge in [-0.15, -0.1) is 0 Å². The van der Waals surface area contributed by atoms with Crippen molar-refractivity contribution >= 4 is 5.69 Å². The summed E-state index contributed by atoms with van der Waals surface area (Å²) in [5.41, 5.74) is 2.35. The third kappa shape index (κ3) is 3.08. The van der Waals surface area contributed by atoms with E-state index in [1.807, 2.05) is 6.07 Å². The molecule has 1 aromatic carbocycles. The van der Waals surface area contributed by atoms with Crippen LogP contribution in [-0.2, 0) is 0 Å². The first-order chi connectivity index (χ1) is 10.2. The molecule has 0 amide bonds. The number of rotatable bonds is 5. The zero-order valence-electron chi connectivity index (χ0n) is 13.2. The molecule has 2 aliphatic rings. The highest BCUT2D eigenvalue weighted by Crippen LogP contribution is 2.41. The van der Waals surface area contributed by atoms with E-state index in [-0.39, 0.29) is 11.9 Å². The highest BCUT2D eigenvalue weighted by molar-refractivity contribution is 5.56. The van der Waals surface area contributed by atoms with Crippen LogP contribution in [0.1, 0.15) is 51.1 Å². The van der Waals surface area contributed by atoms with E-state index in [1.54, 1.807) is 12.1 Å². The van der Waals surface area contributed by atoms with E-state index in [0.717, 1.165) is 43.5 Å². The zero-order valence-corrected chi connectivity index (χ0v) is 13.2. The fraction of sp³-hybridized carbons (Fsp3) is 0.667. The molecule has 1 heterocycles. The quantitative estimate of drug-likeness (QED) is 0.877. The number of anilines is 1. The van der Waals surface area contributed by atoms with Gasteiger partial charge in [0.2, 0.25) is 0 Å². The Morgan fingerprint density at radius 3 is 2.67 bits per heavy atom. The van der Waals surface area contributed by atoms with Gasteiger partial charge in [0.25, 0.3) is 0 Å². The van der Waals surface area contributed by atoms with E-state index in [4.69, 9.17) is 0 Å². The van der Waals surface area contributed by atoms with Gasteiger partial charge < -0.3 is 10.2 Å². The number of nitrogens with zero attached hydrogens (tertiary/aromatic N) is 1. The molecule has 3 heteroatoms. The first-order valence-electron chi connectivity index (χ1n) is 8.46. The van der Waals surface area contributed by atoms with Gasteiger partial charge in [-0.1, -0.05) is 13.3 Å². The third-order valence-corrected chi connectivity index (χ3v) is 5.22. The van der Waals surface area contributed by atoms with Gasteiger partial charge in [-0.05, 0) is 68.3 Å². The molecule has 0 aromatic heterocycles. The highest BCUT2D eigenvalue weighted by atomic mass is 19.1. The normalized spacial score (nSPS) is 26.1. The molecule has 116 valence electrons. The Morgan fingerprint density at radius 1 is 1.29 bits per heavy atom. The fourth-order valence-corrected chi connectivity index (χ4v) is 4.06. The van der Waals surface area contributed by atoms with E-state index in [2.05, 4.69) is 24.1 Å². The SMILES string of the molecule is CCCNC(C)c1cc(F)ccc1N1CC2CCCC2C1. The van der Waals surface area contributed by atoms with Crippen molar-refractivity contribution in [3.63, 3.8) is 0 Å². The molecule has 1 N–H and O–H groups in total. The Kier molecular flexibility index (Phi) is 4.48. The number of hydrogen-bond acceptors (Lipinski definition) is 2. The minimum atomic E-state index is -0.127. The summed E-state index contributed by atoms with van der Waals surface area (Å²) in [4.78, 5) is 2.49. The lowest BCUT2D eigenvalue weighted by Crippen LogP contribution is -2.26. The fourth-order valence-electron chi connectivity index (χ4n) is 4.06. The van der Waals surface area contributed by atoms with Crippen LogP contribution in [-0.4, -0.2) is 19.6 Å². The second-order valence-corrected chi connectivity index (χ2v) is 6.73. The molecule has 1 saturated carbocycles. The van der Waals surface area contributed by atoms with Crippen molar-refractivity contribution in [1.82, 2.24) is 5.32 Å². The van der Waals surface area contributed by atoms with Crippen LogP contribution in [0.3, 0.4) is 0 Å². The summed E-state index contributed by atoms with van der Waals surface area (Å²) in [5.74, 6) is 1.60. The van der Waals surface area contributed by atoms with E-state index in [0.29, 0.717) is 0 Å². The maximum Gasteiger partial charge on any atom is 0.123 e. The molecule has 0 spiro atoms. The van der Waals surface area contributed by atoms with Crippen LogP contribution in [0.15, 0.2) is 18.2 Å². The molecular weight excluding hydrogens is 263 g/mol. The molecule has 1 saturated heterocycles. The molecule has 1 aliphatic heterocycles. The molecule has 21 heavy (non-hydrogen) atoms. The monoisotopic (exact) mass is 290 g/mol. The Morgan fingerprint density at radius 2 is 2.00 bits per heavy atom. The van der Waals surface area contributed by atoms with Crippen LogP contribution < -0.4 is 10.2 Å². The number of nitrogens with one attached hydrogen (secondary N) is 1. The second-order valence-electron chi connectivity index (χ2n) is 6.73. The van der Waals surface area contributed by atoms with Crippen LogP contribution in [0.5, 0.6) is 0 Å². The van der Waals surface area contributed by atoms with Crippen molar-refractivity contribution in [2.45, 2.75) is 45.6 Å². The van der Waals surface area contributed by atoms with Gasteiger partial charge in [-0.25, -0.2) is 4.39 Å². The largest absolute Gasteiger partial charge is 0.371 e. The Bertz CT molecular complexity index is 476. The maximum atomic E-state index is 13.7. The number of benzene rings is 1. The van der Waals surface area contributed by atoms with Crippen LogP contribution in [0, 0.1) is 17.7 Å². The minimum absolute atomic E-state index is 0.127. The minimum Gasteiger partial charge on any atom is -0.371 e. The molecule has 2 fully saturated rings. The van der Waals surface area contributed by atoms with Crippen molar-refractivity contribution in [1.29, 1.82) is 0 Å².